The van der Waals surface area contributed by atoms with Gasteiger partial charge in [-0.1, -0.05) is 23.2 Å². The summed E-state index contributed by atoms with van der Waals surface area (Å²) in [6.45, 7) is 0. The minimum atomic E-state index is -0.410. The average Bonchev–Trinajstić information content (AvgIpc) is 3.11. The maximum Gasteiger partial charge on any atom is 0.295 e. The summed E-state index contributed by atoms with van der Waals surface area (Å²) in [7, 11) is 0. The summed E-state index contributed by atoms with van der Waals surface area (Å²) >= 11 is 11.8. The van der Waals surface area contributed by atoms with E-state index in [0.717, 1.165) is 18.7 Å². The molecular weight excluding hydrogens is 287 g/mol. The molecule has 19 heavy (non-hydrogen) atoms. The van der Waals surface area contributed by atoms with E-state index in [0.29, 0.717) is 21.7 Å². The van der Waals surface area contributed by atoms with Gasteiger partial charge in [-0.3, -0.25) is 9.89 Å². The van der Waals surface area contributed by atoms with E-state index >= 15 is 0 Å². The molecule has 5 nitrogen and oxygen atoms in total. The van der Waals surface area contributed by atoms with Crippen LogP contribution in [0.4, 0.5) is 5.69 Å². The molecule has 1 amide bonds. The average molecular weight is 297 g/mol. The van der Waals surface area contributed by atoms with Gasteiger partial charge in [-0.15, -0.1) is 5.10 Å². The molecule has 2 N–H and O–H groups in total. The van der Waals surface area contributed by atoms with Crippen LogP contribution in [0, 0.1) is 0 Å². The van der Waals surface area contributed by atoms with Crippen LogP contribution in [0.3, 0.4) is 0 Å². The number of nitrogens with one attached hydrogen (secondary N) is 2. The van der Waals surface area contributed by atoms with E-state index in [4.69, 9.17) is 23.2 Å². The van der Waals surface area contributed by atoms with Crippen molar-refractivity contribution in [1.29, 1.82) is 0 Å². The summed E-state index contributed by atoms with van der Waals surface area (Å²) in [5.74, 6) is 0.886. The number of aromatic amines is 1. The first kappa shape index (κ1) is 12.4. The van der Waals surface area contributed by atoms with Crippen LogP contribution in [-0.2, 0) is 0 Å². The highest BCUT2D eigenvalue weighted by atomic mass is 35.5. The molecule has 1 fully saturated rings. The van der Waals surface area contributed by atoms with Crippen LogP contribution in [0.2, 0.25) is 10.0 Å². The Kier molecular flexibility index (Phi) is 3.16. The fourth-order valence-corrected chi connectivity index (χ4v) is 2.02. The van der Waals surface area contributed by atoms with Crippen molar-refractivity contribution in [1.82, 2.24) is 15.2 Å². The van der Waals surface area contributed by atoms with Crippen molar-refractivity contribution in [3.05, 3.63) is 39.9 Å². The third kappa shape index (κ3) is 2.72. The van der Waals surface area contributed by atoms with Crippen LogP contribution in [0.5, 0.6) is 0 Å². The molecular formula is C12H10Cl2N4O. The number of amides is 1. The number of H-pyrrole nitrogens is 1. The second-order valence-electron chi connectivity index (χ2n) is 4.40. The topological polar surface area (TPSA) is 70.7 Å². The van der Waals surface area contributed by atoms with Crippen molar-refractivity contribution >= 4 is 34.8 Å². The maximum absolute atomic E-state index is 12.0. The molecule has 0 aliphatic heterocycles. The molecule has 98 valence electrons. The molecule has 0 radical (unpaired) electrons. The van der Waals surface area contributed by atoms with Crippen molar-refractivity contribution in [3.8, 4) is 0 Å². The van der Waals surface area contributed by atoms with E-state index in [2.05, 4.69) is 20.5 Å². The van der Waals surface area contributed by atoms with Crippen LogP contribution < -0.4 is 5.32 Å². The molecule has 0 unspecified atom stereocenters. The normalized spacial score (nSPS) is 14.4. The van der Waals surface area contributed by atoms with E-state index in [1.54, 1.807) is 18.2 Å². The Bertz CT molecular complexity index is 636. The van der Waals surface area contributed by atoms with Crippen LogP contribution in [0.15, 0.2) is 18.2 Å². The number of hydrogen-bond acceptors (Lipinski definition) is 3. The van der Waals surface area contributed by atoms with Gasteiger partial charge in [0.2, 0.25) is 5.82 Å². The molecule has 1 heterocycles. The van der Waals surface area contributed by atoms with E-state index < -0.39 is 5.91 Å². The maximum atomic E-state index is 12.0. The molecule has 1 saturated carbocycles. The molecule has 0 bridgehead atoms. The molecule has 1 aliphatic rings. The van der Waals surface area contributed by atoms with Gasteiger partial charge in [-0.05, 0) is 31.0 Å². The lowest BCUT2D eigenvalue weighted by Gasteiger charge is -2.05. The summed E-state index contributed by atoms with van der Waals surface area (Å²) in [4.78, 5) is 16.1. The number of anilines is 1. The molecule has 1 aromatic carbocycles. The number of aromatic nitrogens is 3. The van der Waals surface area contributed by atoms with Crippen molar-refractivity contribution in [2.75, 3.05) is 5.32 Å². The molecule has 2 aromatic rings. The number of carbonyl (C=O) groups is 1. The fourth-order valence-electron chi connectivity index (χ4n) is 1.69. The number of halogens is 2. The van der Waals surface area contributed by atoms with Gasteiger partial charge >= 0.3 is 0 Å². The highest BCUT2D eigenvalue weighted by Crippen LogP contribution is 2.37. The number of benzene rings is 1. The Labute approximate surface area is 119 Å². The third-order valence-electron chi connectivity index (χ3n) is 2.85. The largest absolute Gasteiger partial charge is 0.318 e. The Morgan fingerprint density at radius 1 is 1.37 bits per heavy atom. The summed E-state index contributed by atoms with van der Waals surface area (Å²) in [6.07, 6.45) is 2.19. The predicted octanol–water partition coefficient (Wildman–Crippen LogP) is 3.24. The SMILES string of the molecule is O=C(Nc1cc(Cl)ccc1Cl)c1n[nH]c(C2CC2)n1. The third-order valence-corrected chi connectivity index (χ3v) is 3.41. The molecule has 0 spiro atoms. The van der Waals surface area contributed by atoms with Crippen molar-refractivity contribution in [2.24, 2.45) is 0 Å². The highest BCUT2D eigenvalue weighted by molar-refractivity contribution is 6.35. The first-order chi connectivity index (χ1) is 9.13. The lowest BCUT2D eigenvalue weighted by molar-refractivity contribution is 0.101. The summed E-state index contributed by atoms with van der Waals surface area (Å²) in [5.41, 5.74) is 0.442. The number of nitrogens with zero attached hydrogens (tertiary/aromatic N) is 2. The summed E-state index contributed by atoms with van der Waals surface area (Å²) in [5, 5.41) is 10.2. The lowest BCUT2D eigenvalue weighted by atomic mass is 10.3. The predicted molar refractivity (Wildman–Crippen MR) is 72.8 cm³/mol. The van der Waals surface area contributed by atoms with Crippen molar-refractivity contribution in [2.45, 2.75) is 18.8 Å². The first-order valence-electron chi connectivity index (χ1n) is 5.82. The number of hydrogen-bond donors (Lipinski definition) is 2. The van der Waals surface area contributed by atoms with E-state index in [1.807, 2.05) is 0 Å². The highest BCUT2D eigenvalue weighted by Gasteiger charge is 2.28. The van der Waals surface area contributed by atoms with Crippen molar-refractivity contribution in [3.63, 3.8) is 0 Å². The van der Waals surface area contributed by atoms with Crippen LogP contribution in [0.1, 0.15) is 35.2 Å². The quantitative estimate of drug-likeness (QED) is 0.913. The molecule has 0 saturated heterocycles. The van der Waals surface area contributed by atoms with E-state index in [1.165, 1.54) is 0 Å². The van der Waals surface area contributed by atoms with Gasteiger partial charge in [0.15, 0.2) is 0 Å². The number of rotatable bonds is 3. The number of carbonyl (C=O) groups excluding carboxylic acids is 1. The van der Waals surface area contributed by atoms with Crippen LogP contribution in [0.25, 0.3) is 0 Å². The standard InChI is InChI=1S/C12H10Cl2N4O/c13-7-3-4-8(14)9(5-7)15-12(19)11-16-10(17-18-11)6-1-2-6/h3-6H,1-2H2,(H,15,19)(H,16,17,18). The molecule has 3 rings (SSSR count). The zero-order valence-electron chi connectivity index (χ0n) is 9.78. The van der Waals surface area contributed by atoms with E-state index in [-0.39, 0.29) is 5.82 Å². The van der Waals surface area contributed by atoms with Crippen LogP contribution >= 0.6 is 23.2 Å². The monoisotopic (exact) mass is 296 g/mol. The van der Waals surface area contributed by atoms with Gasteiger partial charge < -0.3 is 5.32 Å². The van der Waals surface area contributed by atoms with Gasteiger partial charge in [0.1, 0.15) is 5.82 Å². The molecule has 7 heteroatoms. The second-order valence-corrected chi connectivity index (χ2v) is 5.24. The Hall–Kier alpha value is -1.59. The zero-order chi connectivity index (χ0) is 13.4. The summed E-state index contributed by atoms with van der Waals surface area (Å²) < 4.78 is 0. The first-order valence-corrected chi connectivity index (χ1v) is 6.58. The van der Waals surface area contributed by atoms with Gasteiger partial charge in [-0.25, -0.2) is 4.98 Å². The van der Waals surface area contributed by atoms with Gasteiger partial charge in [0.05, 0.1) is 10.7 Å². The minimum absolute atomic E-state index is 0.109. The van der Waals surface area contributed by atoms with Gasteiger partial charge in [0.25, 0.3) is 5.91 Å². The smallest absolute Gasteiger partial charge is 0.295 e. The van der Waals surface area contributed by atoms with Gasteiger partial charge in [-0.2, -0.15) is 0 Å². The van der Waals surface area contributed by atoms with Crippen LogP contribution in [-0.4, -0.2) is 21.1 Å². The summed E-state index contributed by atoms with van der Waals surface area (Å²) in [6, 6.07) is 4.85. The lowest BCUT2D eigenvalue weighted by Crippen LogP contribution is -2.14. The minimum Gasteiger partial charge on any atom is -0.318 e. The molecule has 1 aliphatic carbocycles. The second kappa shape index (κ2) is 4.83. The molecule has 1 aromatic heterocycles. The Morgan fingerprint density at radius 3 is 2.89 bits per heavy atom. The van der Waals surface area contributed by atoms with E-state index in [9.17, 15) is 4.79 Å². The Morgan fingerprint density at radius 2 is 2.16 bits per heavy atom. The Balaban J connectivity index is 1.77. The van der Waals surface area contributed by atoms with Crippen molar-refractivity contribution < 1.29 is 4.79 Å². The molecule has 0 atom stereocenters. The zero-order valence-corrected chi connectivity index (χ0v) is 11.3. The fraction of sp³-hybridized carbons (Fsp3) is 0.250. The van der Waals surface area contributed by atoms with Gasteiger partial charge in [0, 0.05) is 10.9 Å².